The van der Waals surface area contributed by atoms with Gasteiger partial charge < -0.3 is 9.73 Å². The van der Waals surface area contributed by atoms with E-state index in [1.807, 2.05) is 25.3 Å². The molecule has 1 N–H and O–H groups in total. The molecule has 4 rings (SSSR count). The Morgan fingerprint density at radius 2 is 1.90 bits per heavy atom. The average molecular weight is 455 g/mol. The Morgan fingerprint density at radius 3 is 2.57 bits per heavy atom. The quantitative estimate of drug-likeness (QED) is 0.611. The lowest BCUT2D eigenvalue weighted by Crippen LogP contribution is -2.42. The Kier molecular flexibility index (Phi) is 5.60. The zero-order valence-corrected chi connectivity index (χ0v) is 17.9. The summed E-state index contributed by atoms with van der Waals surface area (Å²) in [4.78, 5) is 0.0466. The number of thiophene rings is 1. The second-order valence-corrected chi connectivity index (χ2v) is 10.4. The number of sulfonamides is 1. The van der Waals surface area contributed by atoms with Gasteiger partial charge in [0.05, 0.1) is 10.6 Å². The zero-order chi connectivity index (χ0) is 21.5. The van der Waals surface area contributed by atoms with E-state index in [1.54, 1.807) is 6.07 Å². The van der Waals surface area contributed by atoms with Crippen LogP contribution in [-0.4, -0.2) is 36.0 Å². The Hall–Kier alpha value is -2.37. The van der Waals surface area contributed by atoms with Crippen LogP contribution in [-0.2, 0) is 10.0 Å². The van der Waals surface area contributed by atoms with E-state index in [4.69, 9.17) is 4.42 Å². The number of nitrogens with one attached hydrogen (secondary N) is 1. The van der Waals surface area contributed by atoms with Gasteiger partial charge in [-0.2, -0.15) is 4.31 Å². The van der Waals surface area contributed by atoms with Crippen LogP contribution in [0.25, 0.3) is 10.8 Å². The lowest BCUT2D eigenvalue weighted by molar-refractivity contribution is 0.222. The molecular weight excluding hydrogens is 434 g/mol. The number of piperidine rings is 1. The van der Waals surface area contributed by atoms with E-state index < -0.39 is 26.6 Å². The third-order valence-corrected chi connectivity index (χ3v) is 7.58. The molecule has 0 radical (unpaired) electrons. The molecule has 3 aromatic rings. The number of aromatic nitrogens is 2. The second-order valence-electron chi connectivity index (χ2n) is 7.55. The highest BCUT2D eigenvalue weighted by Gasteiger charge is 2.34. The molecule has 1 fully saturated rings. The third-order valence-electron chi connectivity index (χ3n) is 4.87. The molecule has 0 amide bonds. The molecule has 30 heavy (non-hydrogen) atoms. The van der Waals surface area contributed by atoms with E-state index in [1.165, 1.54) is 15.6 Å². The van der Waals surface area contributed by atoms with Crippen molar-refractivity contribution in [3.05, 3.63) is 41.3 Å². The summed E-state index contributed by atoms with van der Waals surface area (Å²) in [6.07, 6.45) is 0.892. The van der Waals surface area contributed by atoms with Gasteiger partial charge in [0, 0.05) is 19.2 Å². The van der Waals surface area contributed by atoms with Crippen LogP contribution in [0.15, 0.2) is 39.0 Å². The van der Waals surface area contributed by atoms with Gasteiger partial charge in [-0.3, -0.25) is 0 Å². The normalized spacial score (nSPS) is 20.4. The van der Waals surface area contributed by atoms with Crippen LogP contribution < -0.4 is 5.32 Å². The fourth-order valence-corrected chi connectivity index (χ4v) is 6.03. The van der Waals surface area contributed by atoms with Crippen LogP contribution >= 0.6 is 11.3 Å². The average Bonchev–Trinajstić information content (AvgIpc) is 3.35. The topological polar surface area (TPSA) is 88.3 Å². The summed E-state index contributed by atoms with van der Waals surface area (Å²) >= 11 is 1.39. The first-order valence-corrected chi connectivity index (χ1v) is 11.7. The lowest BCUT2D eigenvalue weighted by Gasteiger charge is -2.34. The van der Waals surface area contributed by atoms with E-state index in [0.29, 0.717) is 6.07 Å². The number of hydrogen-bond donors (Lipinski definition) is 1. The molecule has 2 aromatic heterocycles. The molecule has 0 saturated carbocycles. The molecule has 0 spiro atoms. The van der Waals surface area contributed by atoms with E-state index in [-0.39, 0.29) is 42.5 Å². The summed E-state index contributed by atoms with van der Waals surface area (Å²) < 4.78 is 61.8. The molecule has 11 heteroatoms. The van der Waals surface area contributed by atoms with Crippen molar-refractivity contribution in [2.45, 2.75) is 25.2 Å². The lowest BCUT2D eigenvalue weighted by atomic mass is 9.94. The van der Waals surface area contributed by atoms with Crippen molar-refractivity contribution in [2.24, 2.45) is 11.8 Å². The smallest absolute Gasteiger partial charge is 0.320 e. The maximum absolute atomic E-state index is 14.7. The van der Waals surface area contributed by atoms with E-state index in [9.17, 15) is 17.2 Å². The maximum Gasteiger partial charge on any atom is 0.320 e. The summed E-state index contributed by atoms with van der Waals surface area (Å²) in [5.74, 6) is -1.47. The first-order chi connectivity index (χ1) is 14.2. The molecule has 0 aliphatic carbocycles. The molecule has 160 valence electrons. The molecule has 0 bridgehead atoms. The summed E-state index contributed by atoms with van der Waals surface area (Å²) in [5.41, 5.74) is -0.298. The highest BCUT2D eigenvalue weighted by Crippen LogP contribution is 2.31. The molecule has 1 aliphatic rings. The maximum atomic E-state index is 14.7. The first kappa shape index (κ1) is 20.9. The second kappa shape index (κ2) is 8.05. The summed E-state index contributed by atoms with van der Waals surface area (Å²) in [5, 5.41) is 12.0. The monoisotopic (exact) mass is 454 g/mol. The molecule has 2 atom stereocenters. The van der Waals surface area contributed by atoms with Crippen LogP contribution in [0.5, 0.6) is 0 Å². The molecular formula is C19H20F2N4O3S2. The van der Waals surface area contributed by atoms with Crippen molar-refractivity contribution < 1.29 is 21.6 Å². The van der Waals surface area contributed by atoms with E-state index >= 15 is 0 Å². The fraction of sp³-hybridized carbons (Fsp3) is 0.368. The van der Waals surface area contributed by atoms with Crippen molar-refractivity contribution in [1.29, 1.82) is 0 Å². The third kappa shape index (κ3) is 4.09. The molecule has 1 aliphatic heterocycles. The number of halogens is 2. The summed E-state index contributed by atoms with van der Waals surface area (Å²) in [6, 6.07) is 4.94. The molecule has 1 aromatic carbocycles. The van der Waals surface area contributed by atoms with Gasteiger partial charge in [-0.05, 0) is 35.8 Å². The number of hydrogen-bond acceptors (Lipinski definition) is 7. The minimum absolute atomic E-state index is 0.133. The number of nitrogens with zero attached hydrogens (tertiary/aromatic N) is 3. The Morgan fingerprint density at radius 1 is 1.17 bits per heavy atom. The van der Waals surface area contributed by atoms with Crippen LogP contribution in [0, 0.1) is 23.5 Å². The summed E-state index contributed by atoms with van der Waals surface area (Å²) in [6.45, 7) is 4.44. The predicted octanol–water partition coefficient (Wildman–Crippen LogP) is 4.49. The largest absolute Gasteiger partial charge is 0.402 e. The van der Waals surface area contributed by atoms with Gasteiger partial charge in [0.1, 0.15) is 16.5 Å². The van der Waals surface area contributed by atoms with Gasteiger partial charge in [0.2, 0.25) is 10.0 Å². The standard InChI is InChI=1S/C19H20F2N4O3S2/c1-11-6-12(2)10-25(9-11)30(26,27)17-8-13(20)15(7-14(17)21)22-19-24-23-18(28-19)16-4-3-5-29-16/h3-5,7-8,11-12H,6,9-10H2,1-2H3,(H,22,24)/t11-,12+. The van der Waals surface area contributed by atoms with Gasteiger partial charge in [-0.1, -0.05) is 25.0 Å². The molecule has 7 nitrogen and oxygen atoms in total. The van der Waals surface area contributed by atoms with Crippen LogP contribution in [0.1, 0.15) is 20.3 Å². The predicted molar refractivity (Wildman–Crippen MR) is 109 cm³/mol. The molecule has 0 unspecified atom stereocenters. The first-order valence-electron chi connectivity index (χ1n) is 9.37. The van der Waals surface area contributed by atoms with Crippen molar-refractivity contribution in [1.82, 2.24) is 14.5 Å². The van der Waals surface area contributed by atoms with E-state index in [0.717, 1.165) is 17.4 Å². The van der Waals surface area contributed by atoms with Crippen LogP contribution in [0.2, 0.25) is 0 Å². The molecule has 1 saturated heterocycles. The van der Waals surface area contributed by atoms with Gasteiger partial charge in [-0.25, -0.2) is 17.2 Å². The van der Waals surface area contributed by atoms with Crippen LogP contribution in [0.3, 0.4) is 0 Å². The van der Waals surface area contributed by atoms with Crippen molar-refractivity contribution in [3.8, 4) is 10.8 Å². The SMILES string of the molecule is C[C@@H]1C[C@H](C)CN(S(=O)(=O)c2cc(F)c(Nc3nnc(-c4cccs4)o3)cc2F)C1. The minimum Gasteiger partial charge on any atom is -0.402 e. The minimum atomic E-state index is -4.16. The van der Waals surface area contributed by atoms with Crippen molar-refractivity contribution in [2.75, 3.05) is 18.4 Å². The van der Waals surface area contributed by atoms with Gasteiger partial charge >= 0.3 is 6.01 Å². The fourth-order valence-electron chi connectivity index (χ4n) is 3.65. The summed E-state index contributed by atoms with van der Waals surface area (Å²) in [7, 11) is -4.16. The number of anilines is 2. The molecule has 3 heterocycles. The van der Waals surface area contributed by atoms with E-state index in [2.05, 4.69) is 15.5 Å². The number of rotatable bonds is 5. The Labute approximate surface area is 176 Å². The number of benzene rings is 1. The van der Waals surface area contributed by atoms with Crippen molar-refractivity contribution in [3.63, 3.8) is 0 Å². The Bertz CT molecular complexity index is 1140. The van der Waals surface area contributed by atoms with Crippen molar-refractivity contribution >= 4 is 33.1 Å². The van der Waals surface area contributed by atoms with Gasteiger partial charge in [0.15, 0.2) is 0 Å². The van der Waals surface area contributed by atoms with Crippen LogP contribution in [0.4, 0.5) is 20.5 Å². The van der Waals surface area contributed by atoms with Gasteiger partial charge in [-0.15, -0.1) is 16.4 Å². The van der Waals surface area contributed by atoms with Gasteiger partial charge in [0.25, 0.3) is 5.89 Å². The zero-order valence-electron chi connectivity index (χ0n) is 16.3. The highest BCUT2D eigenvalue weighted by atomic mass is 32.2. The highest BCUT2D eigenvalue weighted by molar-refractivity contribution is 7.89. The Balaban J connectivity index is 1.59.